The van der Waals surface area contributed by atoms with Crippen molar-refractivity contribution in [3.05, 3.63) is 41.5 Å². The van der Waals surface area contributed by atoms with Crippen molar-refractivity contribution < 1.29 is 9.53 Å². The molecule has 0 aromatic heterocycles. The highest BCUT2D eigenvalue weighted by Gasteiger charge is 2.12. The van der Waals surface area contributed by atoms with Crippen LogP contribution in [0.15, 0.2) is 24.8 Å². The van der Waals surface area contributed by atoms with Gasteiger partial charge in [-0.2, -0.15) is 0 Å². The van der Waals surface area contributed by atoms with E-state index in [-0.39, 0.29) is 5.41 Å². The third-order valence-corrected chi connectivity index (χ3v) is 3.82. The molecule has 0 saturated carbocycles. The standard InChI is InChI=1S/C20H26O2/c1-7-20(4,5)11-9-8-10-16-13-19(22-6)18(15(2)3)12-17(16)14-21/h7,12-15H,1,9,11H2,2-6H3. The fourth-order valence-corrected chi connectivity index (χ4v) is 2.09. The molecule has 0 atom stereocenters. The molecule has 0 N–H and O–H groups in total. The Labute approximate surface area is 134 Å². The summed E-state index contributed by atoms with van der Waals surface area (Å²) < 4.78 is 5.43. The first kappa shape index (κ1) is 18.0. The van der Waals surface area contributed by atoms with E-state index in [9.17, 15) is 4.79 Å². The molecule has 1 rings (SSSR count). The quantitative estimate of drug-likeness (QED) is 0.421. The van der Waals surface area contributed by atoms with Crippen molar-refractivity contribution in [3.8, 4) is 17.6 Å². The van der Waals surface area contributed by atoms with E-state index in [0.717, 1.165) is 36.0 Å². The molecule has 0 fully saturated rings. The molecule has 0 heterocycles. The summed E-state index contributed by atoms with van der Waals surface area (Å²) in [6, 6.07) is 3.75. The van der Waals surface area contributed by atoms with E-state index in [4.69, 9.17) is 4.74 Å². The fourth-order valence-electron chi connectivity index (χ4n) is 2.09. The fraction of sp³-hybridized carbons (Fsp3) is 0.450. The van der Waals surface area contributed by atoms with Crippen LogP contribution in [-0.4, -0.2) is 13.4 Å². The second kappa shape index (κ2) is 7.84. The normalized spacial score (nSPS) is 10.8. The monoisotopic (exact) mass is 298 g/mol. The van der Waals surface area contributed by atoms with Crippen molar-refractivity contribution in [1.29, 1.82) is 0 Å². The third kappa shape index (κ3) is 4.77. The van der Waals surface area contributed by atoms with Crippen LogP contribution < -0.4 is 4.74 Å². The van der Waals surface area contributed by atoms with Crippen LogP contribution in [0.5, 0.6) is 5.75 Å². The zero-order valence-electron chi connectivity index (χ0n) is 14.3. The number of methoxy groups -OCH3 is 1. The third-order valence-electron chi connectivity index (χ3n) is 3.82. The van der Waals surface area contributed by atoms with Gasteiger partial charge >= 0.3 is 0 Å². The van der Waals surface area contributed by atoms with Crippen LogP contribution in [0.1, 0.15) is 67.9 Å². The largest absolute Gasteiger partial charge is 0.496 e. The van der Waals surface area contributed by atoms with Crippen molar-refractivity contribution in [1.82, 2.24) is 0 Å². The molecule has 2 nitrogen and oxygen atoms in total. The number of carbonyl (C=O) groups excluding carboxylic acids is 1. The second-order valence-electron chi connectivity index (χ2n) is 6.45. The van der Waals surface area contributed by atoms with Gasteiger partial charge in [-0.15, -0.1) is 6.58 Å². The minimum absolute atomic E-state index is 0.0847. The molecule has 22 heavy (non-hydrogen) atoms. The molecule has 0 amide bonds. The topological polar surface area (TPSA) is 26.3 Å². The van der Waals surface area contributed by atoms with Gasteiger partial charge in [-0.1, -0.05) is 45.6 Å². The van der Waals surface area contributed by atoms with Crippen molar-refractivity contribution in [2.45, 2.75) is 46.5 Å². The lowest BCUT2D eigenvalue weighted by molar-refractivity contribution is 0.112. The maximum atomic E-state index is 11.3. The molecule has 0 radical (unpaired) electrons. The van der Waals surface area contributed by atoms with Crippen LogP contribution >= 0.6 is 0 Å². The lowest BCUT2D eigenvalue weighted by Crippen LogP contribution is -2.05. The van der Waals surface area contributed by atoms with E-state index in [1.165, 1.54) is 0 Å². The molecule has 1 aromatic rings. The van der Waals surface area contributed by atoms with Crippen LogP contribution in [0.3, 0.4) is 0 Å². The Kier molecular flexibility index (Phi) is 6.43. The number of hydrogen-bond acceptors (Lipinski definition) is 2. The SMILES string of the molecule is C=CC(C)(C)CCC#Cc1cc(OC)c(C(C)C)cc1C=O. The van der Waals surface area contributed by atoms with Crippen LogP contribution in [0, 0.1) is 17.3 Å². The first-order valence-electron chi connectivity index (χ1n) is 7.64. The summed E-state index contributed by atoms with van der Waals surface area (Å²) >= 11 is 0. The van der Waals surface area contributed by atoms with E-state index in [1.807, 2.05) is 18.2 Å². The zero-order chi connectivity index (χ0) is 16.8. The zero-order valence-corrected chi connectivity index (χ0v) is 14.3. The van der Waals surface area contributed by atoms with Gasteiger partial charge < -0.3 is 4.74 Å². The average Bonchev–Trinajstić information content (AvgIpc) is 2.50. The van der Waals surface area contributed by atoms with E-state index in [1.54, 1.807) is 7.11 Å². The highest BCUT2D eigenvalue weighted by molar-refractivity contribution is 5.80. The minimum atomic E-state index is 0.0847. The number of rotatable bonds is 6. The molecule has 0 aliphatic rings. The van der Waals surface area contributed by atoms with E-state index in [2.05, 4.69) is 46.1 Å². The van der Waals surface area contributed by atoms with E-state index < -0.39 is 0 Å². The molecule has 1 aromatic carbocycles. The van der Waals surface area contributed by atoms with Gasteiger partial charge in [0.1, 0.15) is 5.75 Å². The molecule has 118 valence electrons. The summed E-state index contributed by atoms with van der Waals surface area (Å²) in [5.74, 6) is 7.34. The van der Waals surface area contributed by atoms with Crippen molar-refractivity contribution in [2.24, 2.45) is 5.41 Å². The second-order valence-corrected chi connectivity index (χ2v) is 6.45. The Morgan fingerprint density at radius 3 is 2.55 bits per heavy atom. The van der Waals surface area contributed by atoms with Crippen molar-refractivity contribution >= 4 is 6.29 Å². The van der Waals surface area contributed by atoms with Gasteiger partial charge in [-0.3, -0.25) is 4.79 Å². The maximum Gasteiger partial charge on any atom is 0.151 e. The Morgan fingerprint density at radius 1 is 1.36 bits per heavy atom. The van der Waals surface area contributed by atoms with Gasteiger partial charge in [0.2, 0.25) is 0 Å². The van der Waals surface area contributed by atoms with Gasteiger partial charge in [-0.05, 0) is 35.4 Å². The molecular formula is C20H26O2. The molecule has 0 aliphatic carbocycles. The summed E-state index contributed by atoms with van der Waals surface area (Å²) in [4.78, 5) is 11.3. The van der Waals surface area contributed by atoms with Gasteiger partial charge in [-0.25, -0.2) is 0 Å². The molecular weight excluding hydrogens is 272 g/mol. The average molecular weight is 298 g/mol. The van der Waals surface area contributed by atoms with Crippen LogP contribution in [0.25, 0.3) is 0 Å². The first-order chi connectivity index (χ1) is 10.3. The Hall–Kier alpha value is -2.01. The smallest absolute Gasteiger partial charge is 0.151 e. The summed E-state index contributed by atoms with van der Waals surface area (Å²) in [6.07, 6.45) is 4.53. The summed E-state index contributed by atoms with van der Waals surface area (Å²) in [7, 11) is 1.64. The lowest BCUT2D eigenvalue weighted by atomic mass is 9.88. The summed E-state index contributed by atoms with van der Waals surface area (Å²) in [5, 5.41) is 0. The molecule has 0 bridgehead atoms. The first-order valence-corrected chi connectivity index (χ1v) is 7.64. The Bertz CT molecular complexity index is 598. The van der Waals surface area contributed by atoms with Crippen molar-refractivity contribution in [3.63, 3.8) is 0 Å². The lowest BCUT2D eigenvalue weighted by Gasteiger charge is -2.17. The van der Waals surface area contributed by atoms with E-state index >= 15 is 0 Å². The number of carbonyl (C=O) groups is 1. The van der Waals surface area contributed by atoms with Gasteiger partial charge in [0.25, 0.3) is 0 Å². The molecule has 2 heteroatoms. The molecule has 0 saturated heterocycles. The number of ether oxygens (including phenoxy) is 1. The van der Waals surface area contributed by atoms with Crippen LogP contribution in [0.2, 0.25) is 0 Å². The predicted octanol–water partition coefficient (Wildman–Crippen LogP) is 4.98. The van der Waals surface area contributed by atoms with Gasteiger partial charge in [0.05, 0.1) is 7.11 Å². The number of hydrogen-bond donors (Lipinski definition) is 0. The maximum absolute atomic E-state index is 11.3. The van der Waals surface area contributed by atoms with Gasteiger partial charge in [0, 0.05) is 17.5 Å². The highest BCUT2D eigenvalue weighted by Crippen LogP contribution is 2.29. The summed E-state index contributed by atoms with van der Waals surface area (Å²) in [6.45, 7) is 12.3. The minimum Gasteiger partial charge on any atom is -0.496 e. The molecule has 0 unspecified atom stereocenters. The number of benzene rings is 1. The highest BCUT2D eigenvalue weighted by atomic mass is 16.5. The molecule has 0 spiro atoms. The van der Waals surface area contributed by atoms with Crippen LogP contribution in [-0.2, 0) is 0 Å². The predicted molar refractivity (Wildman–Crippen MR) is 92.6 cm³/mol. The van der Waals surface area contributed by atoms with E-state index in [0.29, 0.717) is 11.5 Å². The number of aldehydes is 1. The number of allylic oxidation sites excluding steroid dienone is 1. The van der Waals surface area contributed by atoms with Gasteiger partial charge in [0.15, 0.2) is 6.29 Å². The Morgan fingerprint density at radius 2 is 2.05 bits per heavy atom. The summed E-state index contributed by atoms with van der Waals surface area (Å²) in [5.41, 5.74) is 2.47. The molecule has 0 aliphatic heterocycles. The Balaban J connectivity index is 3.05. The van der Waals surface area contributed by atoms with Crippen LogP contribution in [0.4, 0.5) is 0 Å². The van der Waals surface area contributed by atoms with Crippen molar-refractivity contribution in [2.75, 3.05) is 7.11 Å².